The summed E-state index contributed by atoms with van der Waals surface area (Å²) in [4.78, 5) is 8.93. The van der Waals surface area contributed by atoms with Crippen LogP contribution in [0.3, 0.4) is 0 Å². The van der Waals surface area contributed by atoms with Crippen LogP contribution in [0.4, 0.5) is 4.39 Å². The van der Waals surface area contributed by atoms with E-state index in [1.54, 1.807) is 22.9 Å². The van der Waals surface area contributed by atoms with Gasteiger partial charge in [0, 0.05) is 12.6 Å². The molecule has 0 amide bonds. The highest BCUT2D eigenvalue weighted by Crippen LogP contribution is 2.18. The highest BCUT2D eigenvalue weighted by molar-refractivity contribution is 5.72. The molecule has 4 nitrogen and oxygen atoms in total. The van der Waals surface area contributed by atoms with Gasteiger partial charge in [0.05, 0.1) is 6.07 Å². The zero-order valence-corrected chi connectivity index (χ0v) is 11.5. The quantitative estimate of drug-likeness (QED) is 0.741. The third kappa shape index (κ3) is 2.61. The molecule has 0 saturated carbocycles. The minimum atomic E-state index is -0.262. The Bertz CT molecular complexity index is 828. The second kappa shape index (κ2) is 5.33. The van der Waals surface area contributed by atoms with Gasteiger partial charge in [-0.3, -0.25) is 4.57 Å². The van der Waals surface area contributed by atoms with E-state index in [-0.39, 0.29) is 12.4 Å². The van der Waals surface area contributed by atoms with E-state index in [9.17, 15) is 4.39 Å². The monoisotopic (exact) mass is 280 g/mol. The number of imidazole rings is 1. The Morgan fingerprint density at radius 1 is 1.29 bits per heavy atom. The average Bonchev–Trinajstić information content (AvgIpc) is 2.79. The number of nitrogens with zero attached hydrogens (tertiary/aromatic N) is 4. The first kappa shape index (κ1) is 13.3. The molecule has 0 aliphatic carbocycles. The van der Waals surface area contributed by atoms with E-state index < -0.39 is 0 Å². The van der Waals surface area contributed by atoms with Gasteiger partial charge in [-0.2, -0.15) is 5.26 Å². The van der Waals surface area contributed by atoms with Crippen molar-refractivity contribution in [2.24, 2.45) is 0 Å². The molecule has 3 rings (SSSR count). The van der Waals surface area contributed by atoms with E-state index in [2.05, 4.69) is 16.0 Å². The summed E-state index contributed by atoms with van der Waals surface area (Å²) in [7, 11) is 0. The third-order valence-corrected chi connectivity index (χ3v) is 3.31. The maximum Gasteiger partial charge on any atom is 0.160 e. The fraction of sp³-hybridized carbons (Fsp3) is 0.188. The summed E-state index contributed by atoms with van der Waals surface area (Å²) in [5, 5.41) is 9.00. The van der Waals surface area contributed by atoms with Gasteiger partial charge in [0.2, 0.25) is 0 Å². The second-order valence-electron chi connectivity index (χ2n) is 4.93. The Kier molecular flexibility index (Phi) is 3.36. The van der Waals surface area contributed by atoms with Gasteiger partial charge in [-0.1, -0.05) is 12.1 Å². The van der Waals surface area contributed by atoms with E-state index in [1.165, 1.54) is 12.1 Å². The molecule has 0 saturated heterocycles. The topological polar surface area (TPSA) is 54.5 Å². The van der Waals surface area contributed by atoms with E-state index in [0.717, 1.165) is 22.5 Å². The molecule has 104 valence electrons. The zero-order valence-electron chi connectivity index (χ0n) is 11.5. The number of pyridine rings is 1. The molecule has 1 aromatic carbocycles. The molecule has 0 N–H and O–H groups in total. The number of aromatic nitrogens is 3. The number of hydrogen-bond acceptors (Lipinski definition) is 3. The molecule has 5 heteroatoms. The summed E-state index contributed by atoms with van der Waals surface area (Å²) in [6.07, 6.45) is 2.30. The molecular weight excluding hydrogens is 267 g/mol. The summed E-state index contributed by atoms with van der Waals surface area (Å²) in [6, 6.07) is 10.4. The van der Waals surface area contributed by atoms with Crippen molar-refractivity contribution in [1.29, 1.82) is 5.26 Å². The molecule has 0 radical (unpaired) electrons. The minimum absolute atomic E-state index is 0.198. The van der Waals surface area contributed by atoms with Gasteiger partial charge in [0.15, 0.2) is 5.65 Å². The first-order valence-corrected chi connectivity index (χ1v) is 6.60. The van der Waals surface area contributed by atoms with Gasteiger partial charge >= 0.3 is 0 Å². The van der Waals surface area contributed by atoms with Crippen molar-refractivity contribution in [1.82, 2.24) is 14.5 Å². The van der Waals surface area contributed by atoms with Crippen LogP contribution in [0.2, 0.25) is 0 Å². The number of benzene rings is 1. The van der Waals surface area contributed by atoms with Crippen LogP contribution in [0.5, 0.6) is 0 Å². The van der Waals surface area contributed by atoms with Crippen LogP contribution in [-0.2, 0) is 13.0 Å². The van der Waals surface area contributed by atoms with Crippen LogP contribution in [0, 0.1) is 24.1 Å². The molecule has 0 fully saturated rings. The maximum atomic E-state index is 13.0. The summed E-state index contributed by atoms with van der Waals surface area (Å²) >= 11 is 0. The lowest BCUT2D eigenvalue weighted by Crippen LogP contribution is -2.04. The summed E-state index contributed by atoms with van der Waals surface area (Å²) in [5.41, 5.74) is 3.46. The molecule has 0 aliphatic rings. The van der Waals surface area contributed by atoms with Crippen LogP contribution in [0.15, 0.2) is 36.5 Å². The standard InChI is InChI=1S/C16H13FN4/c1-11-8-14-16(19-10-11)21(7-6-18)15(20-14)9-12-2-4-13(17)5-3-12/h2-5,8,10H,7,9H2,1H3. The number of rotatable bonds is 3. The number of aryl methyl sites for hydroxylation is 1. The molecule has 3 aromatic rings. The third-order valence-electron chi connectivity index (χ3n) is 3.31. The lowest BCUT2D eigenvalue weighted by molar-refractivity contribution is 0.627. The van der Waals surface area contributed by atoms with Crippen LogP contribution in [-0.4, -0.2) is 14.5 Å². The van der Waals surface area contributed by atoms with E-state index in [1.807, 2.05) is 13.0 Å². The van der Waals surface area contributed by atoms with Crippen LogP contribution in [0.1, 0.15) is 17.0 Å². The first-order valence-electron chi connectivity index (χ1n) is 6.60. The Hall–Kier alpha value is -2.74. The number of fused-ring (bicyclic) bond motifs is 1. The Morgan fingerprint density at radius 2 is 2.05 bits per heavy atom. The van der Waals surface area contributed by atoms with Crippen molar-refractivity contribution in [3.8, 4) is 6.07 Å². The van der Waals surface area contributed by atoms with Gasteiger partial charge in [0.1, 0.15) is 23.7 Å². The molecular formula is C16H13FN4. The van der Waals surface area contributed by atoms with Gasteiger partial charge in [-0.15, -0.1) is 0 Å². The first-order chi connectivity index (χ1) is 10.2. The van der Waals surface area contributed by atoms with Gasteiger partial charge in [-0.25, -0.2) is 14.4 Å². The molecule has 21 heavy (non-hydrogen) atoms. The highest BCUT2D eigenvalue weighted by Gasteiger charge is 2.12. The van der Waals surface area contributed by atoms with Gasteiger partial charge in [0.25, 0.3) is 0 Å². The second-order valence-corrected chi connectivity index (χ2v) is 4.93. The molecule has 0 spiro atoms. The van der Waals surface area contributed by atoms with Crippen LogP contribution >= 0.6 is 0 Å². The Balaban J connectivity index is 2.06. The predicted octanol–water partition coefficient (Wildman–Crippen LogP) is 2.99. The van der Waals surface area contributed by atoms with Crippen molar-refractivity contribution in [2.45, 2.75) is 19.9 Å². The minimum Gasteiger partial charge on any atom is -0.298 e. The lowest BCUT2D eigenvalue weighted by Gasteiger charge is -2.04. The zero-order chi connectivity index (χ0) is 14.8. The fourth-order valence-corrected chi connectivity index (χ4v) is 2.32. The largest absolute Gasteiger partial charge is 0.298 e. The molecule has 0 unspecified atom stereocenters. The van der Waals surface area contributed by atoms with Gasteiger partial charge < -0.3 is 0 Å². The van der Waals surface area contributed by atoms with Crippen molar-refractivity contribution in [3.05, 3.63) is 59.3 Å². The van der Waals surface area contributed by atoms with Crippen LogP contribution in [0.25, 0.3) is 11.2 Å². The van der Waals surface area contributed by atoms with Crippen molar-refractivity contribution in [2.75, 3.05) is 0 Å². The smallest absolute Gasteiger partial charge is 0.160 e. The number of hydrogen-bond donors (Lipinski definition) is 0. The van der Waals surface area contributed by atoms with E-state index in [0.29, 0.717) is 12.1 Å². The average molecular weight is 280 g/mol. The fourth-order valence-electron chi connectivity index (χ4n) is 2.32. The normalized spacial score (nSPS) is 10.7. The molecule has 2 heterocycles. The Labute approximate surface area is 121 Å². The number of halogens is 1. The highest BCUT2D eigenvalue weighted by atomic mass is 19.1. The van der Waals surface area contributed by atoms with Crippen LogP contribution < -0.4 is 0 Å². The van der Waals surface area contributed by atoms with Crippen molar-refractivity contribution < 1.29 is 4.39 Å². The molecule has 0 aliphatic heterocycles. The molecule has 0 atom stereocenters. The summed E-state index contributed by atoms with van der Waals surface area (Å²) in [5.74, 6) is 0.498. The number of nitriles is 1. The van der Waals surface area contributed by atoms with E-state index in [4.69, 9.17) is 5.26 Å². The maximum absolute atomic E-state index is 13.0. The SMILES string of the molecule is Cc1cnc2c(c1)nc(Cc1ccc(F)cc1)n2CC#N. The predicted molar refractivity (Wildman–Crippen MR) is 77.1 cm³/mol. The van der Waals surface area contributed by atoms with Gasteiger partial charge in [-0.05, 0) is 36.2 Å². The van der Waals surface area contributed by atoms with Crippen molar-refractivity contribution >= 4 is 11.2 Å². The lowest BCUT2D eigenvalue weighted by atomic mass is 10.1. The summed E-state index contributed by atoms with van der Waals surface area (Å²) in [6.45, 7) is 2.15. The van der Waals surface area contributed by atoms with E-state index >= 15 is 0 Å². The molecule has 0 bridgehead atoms. The molecule has 2 aromatic heterocycles. The summed E-state index contributed by atoms with van der Waals surface area (Å²) < 4.78 is 14.8. The van der Waals surface area contributed by atoms with Crippen molar-refractivity contribution in [3.63, 3.8) is 0 Å². The Morgan fingerprint density at radius 3 is 2.76 bits per heavy atom.